The van der Waals surface area contributed by atoms with Crippen LogP contribution in [0, 0.1) is 0 Å². The SMILES string of the molecule is CCCCCCCCCCCCCCCC(=O)Oc1ccc(/C=N/c2nc3ccc(OC)cc3s2)cc1. The Bertz CT molecular complexity index is 1090. The van der Waals surface area contributed by atoms with Crippen molar-refractivity contribution in [1.82, 2.24) is 4.98 Å². The topological polar surface area (TPSA) is 60.8 Å². The van der Waals surface area contributed by atoms with Crippen LogP contribution in [0.3, 0.4) is 0 Å². The molecule has 2 aromatic carbocycles. The normalized spacial score (nSPS) is 11.4. The van der Waals surface area contributed by atoms with Crippen LogP contribution >= 0.6 is 11.3 Å². The molecule has 0 aliphatic heterocycles. The third-order valence-electron chi connectivity index (χ3n) is 6.50. The molecule has 37 heavy (non-hydrogen) atoms. The van der Waals surface area contributed by atoms with Crippen LogP contribution in [0.2, 0.25) is 0 Å². The molecule has 0 saturated carbocycles. The Morgan fingerprint density at radius 2 is 1.43 bits per heavy atom. The van der Waals surface area contributed by atoms with Crippen LogP contribution < -0.4 is 9.47 Å². The number of ether oxygens (including phenoxy) is 2. The fraction of sp³-hybridized carbons (Fsp3) is 0.516. The van der Waals surface area contributed by atoms with E-state index in [4.69, 9.17) is 9.47 Å². The van der Waals surface area contributed by atoms with Crippen LogP contribution in [-0.2, 0) is 4.79 Å². The summed E-state index contributed by atoms with van der Waals surface area (Å²) in [5.41, 5.74) is 1.83. The fourth-order valence-corrected chi connectivity index (χ4v) is 5.14. The predicted molar refractivity (Wildman–Crippen MR) is 156 cm³/mol. The molecule has 3 aromatic rings. The number of hydrogen-bond acceptors (Lipinski definition) is 6. The third kappa shape index (κ3) is 11.0. The summed E-state index contributed by atoms with van der Waals surface area (Å²) in [6.45, 7) is 2.27. The molecule has 6 heteroatoms. The second-order valence-corrected chi connectivity index (χ2v) is 10.6. The van der Waals surface area contributed by atoms with Gasteiger partial charge in [-0.15, -0.1) is 0 Å². The van der Waals surface area contributed by atoms with Crippen molar-refractivity contribution in [1.29, 1.82) is 0 Å². The Hall–Kier alpha value is -2.73. The molecule has 0 unspecified atom stereocenters. The van der Waals surface area contributed by atoms with Crippen LogP contribution in [0.5, 0.6) is 11.5 Å². The van der Waals surface area contributed by atoms with Crippen LogP contribution in [0.25, 0.3) is 10.2 Å². The van der Waals surface area contributed by atoms with E-state index in [9.17, 15) is 4.79 Å². The maximum absolute atomic E-state index is 12.2. The molecule has 0 atom stereocenters. The summed E-state index contributed by atoms with van der Waals surface area (Å²) in [7, 11) is 1.65. The number of esters is 1. The molecule has 200 valence electrons. The molecule has 0 saturated heterocycles. The van der Waals surface area contributed by atoms with E-state index in [1.807, 2.05) is 42.5 Å². The molecular weight excluding hydrogens is 480 g/mol. The summed E-state index contributed by atoms with van der Waals surface area (Å²) >= 11 is 1.52. The summed E-state index contributed by atoms with van der Waals surface area (Å²) < 4.78 is 11.8. The zero-order valence-corrected chi connectivity index (χ0v) is 23.4. The number of methoxy groups -OCH3 is 1. The molecule has 0 aliphatic rings. The lowest BCUT2D eigenvalue weighted by Crippen LogP contribution is -2.07. The van der Waals surface area contributed by atoms with E-state index in [0.717, 1.165) is 34.4 Å². The Kier molecular flexibility index (Phi) is 13.2. The zero-order chi connectivity index (χ0) is 26.1. The van der Waals surface area contributed by atoms with Crippen LogP contribution in [0.15, 0.2) is 47.5 Å². The minimum atomic E-state index is -0.158. The quantitative estimate of drug-likeness (QED) is 0.0722. The Morgan fingerprint density at radius 3 is 2.05 bits per heavy atom. The highest BCUT2D eigenvalue weighted by Crippen LogP contribution is 2.30. The number of aromatic nitrogens is 1. The van der Waals surface area contributed by atoms with Gasteiger partial charge < -0.3 is 9.47 Å². The number of carbonyl (C=O) groups is 1. The Balaban J connectivity index is 1.26. The summed E-state index contributed by atoms with van der Waals surface area (Å²) in [4.78, 5) is 21.2. The third-order valence-corrected chi connectivity index (χ3v) is 7.43. The van der Waals surface area contributed by atoms with E-state index in [1.54, 1.807) is 13.3 Å². The van der Waals surface area contributed by atoms with E-state index in [0.29, 0.717) is 17.3 Å². The number of fused-ring (bicyclic) bond motifs is 1. The predicted octanol–water partition coefficient (Wildman–Crippen LogP) is 9.44. The van der Waals surface area contributed by atoms with Gasteiger partial charge in [-0.2, -0.15) is 0 Å². The van der Waals surface area contributed by atoms with Crippen molar-refractivity contribution in [2.75, 3.05) is 7.11 Å². The van der Waals surface area contributed by atoms with Crippen molar-refractivity contribution >= 4 is 38.9 Å². The monoisotopic (exact) mass is 522 g/mol. The lowest BCUT2D eigenvalue weighted by molar-refractivity contribution is -0.134. The van der Waals surface area contributed by atoms with Crippen molar-refractivity contribution in [3.05, 3.63) is 48.0 Å². The largest absolute Gasteiger partial charge is 0.497 e. The molecular formula is C31H42N2O3S. The van der Waals surface area contributed by atoms with Crippen LogP contribution in [-0.4, -0.2) is 24.3 Å². The van der Waals surface area contributed by atoms with Gasteiger partial charge in [0.15, 0.2) is 0 Å². The fourth-order valence-electron chi connectivity index (χ4n) is 4.30. The molecule has 0 N–H and O–H groups in total. The standard InChI is InChI=1S/C31H42N2O3S/c1-3-4-5-6-7-8-9-10-11-12-13-14-15-16-30(34)36-26-19-17-25(18-20-26)24-32-31-33-28-22-21-27(35-2)23-29(28)37-31/h17-24H,3-16H2,1-2H3/b32-24+. The van der Waals surface area contributed by atoms with Crippen LogP contribution in [0.1, 0.15) is 102 Å². The first-order valence-electron chi connectivity index (χ1n) is 14.0. The van der Waals surface area contributed by atoms with Gasteiger partial charge in [0.1, 0.15) is 11.5 Å². The second-order valence-electron chi connectivity index (χ2n) is 9.62. The first-order chi connectivity index (χ1) is 18.2. The molecule has 0 spiro atoms. The van der Waals surface area contributed by atoms with Crippen molar-refractivity contribution in [2.24, 2.45) is 4.99 Å². The molecule has 5 nitrogen and oxygen atoms in total. The van der Waals surface area contributed by atoms with Gasteiger partial charge in [-0.3, -0.25) is 4.79 Å². The van der Waals surface area contributed by atoms with E-state index >= 15 is 0 Å². The Morgan fingerprint density at radius 1 is 0.838 bits per heavy atom. The molecule has 0 amide bonds. The zero-order valence-electron chi connectivity index (χ0n) is 22.5. The molecule has 0 fully saturated rings. The summed E-state index contributed by atoms with van der Waals surface area (Å²) in [5, 5.41) is 0.691. The van der Waals surface area contributed by atoms with Crippen molar-refractivity contribution in [3.63, 3.8) is 0 Å². The minimum Gasteiger partial charge on any atom is -0.497 e. The molecule has 1 heterocycles. The van der Waals surface area contributed by atoms with Crippen LogP contribution in [0.4, 0.5) is 5.13 Å². The molecule has 0 aliphatic carbocycles. The number of nitrogens with zero attached hydrogens (tertiary/aromatic N) is 2. The van der Waals surface area contributed by atoms with Gasteiger partial charge in [-0.05, 0) is 54.4 Å². The van der Waals surface area contributed by atoms with E-state index in [2.05, 4.69) is 16.9 Å². The molecule has 3 rings (SSSR count). The summed E-state index contributed by atoms with van der Waals surface area (Å²) in [6, 6.07) is 13.2. The number of hydrogen-bond donors (Lipinski definition) is 0. The smallest absolute Gasteiger partial charge is 0.311 e. The number of carbonyl (C=O) groups excluding carboxylic acids is 1. The van der Waals surface area contributed by atoms with Gasteiger partial charge in [0.2, 0.25) is 5.13 Å². The van der Waals surface area contributed by atoms with E-state index in [-0.39, 0.29) is 5.97 Å². The average molecular weight is 523 g/mol. The highest BCUT2D eigenvalue weighted by Gasteiger charge is 2.06. The molecule has 1 aromatic heterocycles. The van der Waals surface area contributed by atoms with Gasteiger partial charge in [0.05, 0.1) is 17.3 Å². The average Bonchev–Trinajstić information content (AvgIpc) is 3.33. The summed E-state index contributed by atoms with van der Waals surface area (Å²) in [5.74, 6) is 1.23. The van der Waals surface area contributed by atoms with Gasteiger partial charge in [-0.1, -0.05) is 95.3 Å². The first-order valence-corrected chi connectivity index (χ1v) is 14.8. The van der Waals surface area contributed by atoms with Crippen molar-refractivity contribution < 1.29 is 14.3 Å². The highest BCUT2D eigenvalue weighted by molar-refractivity contribution is 7.22. The van der Waals surface area contributed by atoms with Crippen molar-refractivity contribution in [2.45, 2.75) is 96.8 Å². The second kappa shape index (κ2) is 16.9. The number of aliphatic imine (C=N–C) groups is 1. The highest BCUT2D eigenvalue weighted by atomic mass is 32.1. The first kappa shape index (κ1) is 28.8. The van der Waals surface area contributed by atoms with Gasteiger partial charge in [0.25, 0.3) is 0 Å². The van der Waals surface area contributed by atoms with E-state index < -0.39 is 0 Å². The number of rotatable bonds is 18. The van der Waals surface area contributed by atoms with Gasteiger partial charge in [0, 0.05) is 12.6 Å². The number of unbranched alkanes of at least 4 members (excludes halogenated alkanes) is 12. The maximum Gasteiger partial charge on any atom is 0.311 e. The van der Waals surface area contributed by atoms with E-state index in [1.165, 1.54) is 82.0 Å². The Labute approximate surface area is 226 Å². The lowest BCUT2D eigenvalue weighted by Gasteiger charge is -2.05. The van der Waals surface area contributed by atoms with Gasteiger partial charge in [-0.25, -0.2) is 9.98 Å². The summed E-state index contributed by atoms with van der Waals surface area (Å²) in [6.07, 6.45) is 19.1. The lowest BCUT2D eigenvalue weighted by atomic mass is 10.0. The molecule has 0 bridgehead atoms. The number of benzene rings is 2. The van der Waals surface area contributed by atoms with Gasteiger partial charge >= 0.3 is 5.97 Å². The minimum absolute atomic E-state index is 0.158. The molecule has 0 radical (unpaired) electrons. The maximum atomic E-state index is 12.2. The number of thiazole rings is 1. The van der Waals surface area contributed by atoms with Crippen molar-refractivity contribution in [3.8, 4) is 11.5 Å².